The lowest BCUT2D eigenvalue weighted by Gasteiger charge is -2.36. The summed E-state index contributed by atoms with van der Waals surface area (Å²) in [5.41, 5.74) is 5.89. The Bertz CT molecular complexity index is 1450. The fraction of sp³-hybridized carbons (Fsp3) is 0.297. The highest BCUT2D eigenvalue weighted by molar-refractivity contribution is 5.58. The van der Waals surface area contributed by atoms with Crippen LogP contribution < -0.4 is 18.9 Å². The zero-order valence-electron chi connectivity index (χ0n) is 24.9. The molecule has 0 aliphatic carbocycles. The lowest BCUT2D eigenvalue weighted by molar-refractivity contribution is 0.214. The van der Waals surface area contributed by atoms with Crippen molar-refractivity contribution in [3.63, 3.8) is 0 Å². The number of nitrogens with zero attached hydrogens (tertiary/aromatic N) is 1. The van der Waals surface area contributed by atoms with Gasteiger partial charge in [-0.15, -0.1) is 0 Å². The van der Waals surface area contributed by atoms with Crippen molar-refractivity contribution >= 4 is 6.08 Å². The molecule has 5 heteroatoms. The van der Waals surface area contributed by atoms with Gasteiger partial charge in [0.05, 0.1) is 20.3 Å². The van der Waals surface area contributed by atoms with Crippen LogP contribution in [-0.4, -0.2) is 32.2 Å². The van der Waals surface area contributed by atoms with E-state index in [0.717, 1.165) is 72.0 Å². The van der Waals surface area contributed by atoms with E-state index in [1.807, 2.05) is 48.5 Å². The fourth-order valence-electron chi connectivity index (χ4n) is 5.40. The number of hydrogen-bond donors (Lipinski definition) is 0. The number of unbranched alkanes of at least 4 members (excludes halogenated alkanes) is 1. The molecule has 0 saturated carbocycles. The quantitative estimate of drug-likeness (QED) is 0.164. The minimum absolute atomic E-state index is 0.130. The van der Waals surface area contributed by atoms with Gasteiger partial charge in [0.15, 0.2) is 23.0 Å². The summed E-state index contributed by atoms with van der Waals surface area (Å²) in [5, 5.41) is 0. The molecule has 0 saturated heterocycles. The Morgan fingerprint density at radius 1 is 0.738 bits per heavy atom. The monoisotopic (exact) mass is 563 g/mol. The van der Waals surface area contributed by atoms with Gasteiger partial charge in [-0.2, -0.15) is 0 Å². The van der Waals surface area contributed by atoms with Crippen LogP contribution in [0.1, 0.15) is 53.6 Å². The number of benzene rings is 4. The van der Waals surface area contributed by atoms with Crippen LogP contribution in [0.25, 0.3) is 6.08 Å². The van der Waals surface area contributed by atoms with E-state index in [2.05, 4.69) is 66.4 Å². The molecule has 4 aromatic carbocycles. The number of methoxy groups -OCH3 is 2. The van der Waals surface area contributed by atoms with Crippen molar-refractivity contribution in [2.75, 3.05) is 27.3 Å². The highest BCUT2D eigenvalue weighted by Crippen LogP contribution is 2.40. The van der Waals surface area contributed by atoms with Crippen molar-refractivity contribution in [2.45, 2.75) is 45.4 Å². The van der Waals surface area contributed by atoms with Gasteiger partial charge in [0, 0.05) is 6.54 Å². The van der Waals surface area contributed by atoms with E-state index >= 15 is 0 Å². The van der Waals surface area contributed by atoms with Gasteiger partial charge < -0.3 is 18.9 Å². The normalized spacial score (nSPS) is 14.9. The van der Waals surface area contributed by atoms with Gasteiger partial charge in [-0.3, -0.25) is 4.90 Å². The first-order valence-electron chi connectivity index (χ1n) is 14.8. The minimum atomic E-state index is 0.130. The predicted octanol–water partition coefficient (Wildman–Crippen LogP) is 8.27. The third kappa shape index (κ3) is 7.34. The standard InChI is InChI=1S/C37H41NO4/c1-4-5-21-38-22-20-31-24-36(40-3)37(42-27-30-14-10-7-11-15-30)25-32(31)33(38)18-16-28-17-19-34(35(23-28)39-2)41-26-29-12-8-6-9-13-29/h6-19,23-25,33H,4-5,20-22,26-27H2,1-3H3. The molecule has 0 bridgehead atoms. The maximum Gasteiger partial charge on any atom is 0.162 e. The molecule has 5 nitrogen and oxygen atoms in total. The second kappa shape index (κ2) is 14.6. The summed E-state index contributed by atoms with van der Waals surface area (Å²) in [4.78, 5) is 2.57. The highest BCUT2D eigenvalue weighted by Gasteiger charge is 2.27. The number of fused-ring (bicyclic) bond motifs is 1. The summed E-state index contributed by atoms with van der Waals surface area (Å²) in [6.45, 7) is 5.29. The predicted molar refractivity (Wildman–Crippen MR) is 169 cm³/mol. The molecule has 0 radical (unpaired) electrons. The lowest BCUT2D eigenvalue weighted by Crippen LogP contribution is -2.35. The van der Waals surface area contributed by atoms with E-state index in [9.17, 15) is 0 Å². The summed E-state index contributed by atoms with van der Waals surface area (Å²) in [7, 11) is 3.40. The van der Waals surface area contributed by atoms with Crippen LogP contribution in [0.2, 0.25) is 0 Å². The third-order valence-corrected chi connectivity index (χ3v) is 7.74. The molecule has 4 aromatic rings. The zero-order chi connectivity index (χ0) is 29.1. The van der Waals surface area contributed by atoms with Crippen molar-refractivity contribution in [1.29, 1.82) is 0 Å². The van der Waals surface area contributed by atoms with E-state index in [4.69, 9.17) is 18.9 Å². The first-order chi connectivity index (χ1) is 20.7. The van der Waals surface area contributed by atoms with Crippen molar-refractivity contribution in [3.05, 3.63) is 125 Å². The largest absolute Gasteiger partial charge is 0.493 e. The number of rotatable bonds is 13. The van der Waals surface area contributed by atoms with E-state index in [1.54, 1.807) is 14.2 Å². The second-order valence-corrected chi connectivity index (χ2v) is 10.6. The Morgan fingerprint density at radius 2 is 1.38 bits per heavy atom. The Labute approximate surface area is 250 Å². The molecule has 0 aromatic heterocycles. The molecule has 1 heterocycles. The molecule has 5 rings (SSSR count). The zero-order valence-corrected chi connectivity index (χ0v) is 24.9. The average Bonchev–Trinajstić information content (AvgIpc) is 3.05. The van der Waals surface area contributed by atoms with Crippen molar-refractivity contribution in [3.8, 4) is 23.0 Å². The van der Waals surface area contributed by atoms with Crippen LogP contribution in [0.4, 0.5) is 0 Å². The summed E-state index contributed by atoms with van der Waals surface area (Å²) in [6.07, 6.45) is 7.81. The first-order valence-corrected chi connectivity index (χ1v) is 14.8. The Morgan fingerprint density at radius 3 is 2.02 bits per heavy atom. The fourth-order valence-corrected chi connectivity index (χ4v) is 5.40. The third-order valence-electron chi connectivity index (χ3n) is 7.74. The van der Waals surface area contributed by atoms with Crippen molar-refractivity contribution < 1.29 is 18.9 Å². The van der Waals surface area contributed by atoms with Crippen LogP contribution >= 0.6 is 0 Å². The van der Waals surface area contributed by atoms with Gasteiger partial charge in [0.1, 0.15) is 13.2 Å². The molecule has 1 unspecified atom stereocenters. The van der Waals surface area contributed by atoms with Gasteiger partial charge in [-0.05, 0) is 71.5 Å². The van der Waals surface area contributed by atoms with Gasteiger partial charge in [-0.1, -0.05) is 92.2 Å². The summed E-state index contributed by atoms with van der Waals surface area (Å²) >= 11 is 0. The minimum Gasteiger partial charge on any atom is -0.493 e. The molecule has 1 atom stereocenters. The summed E-state index contributed by atoms with van der Waals surface area (Å²) in [6, 6.07) is 31.0. The Kier molecular flexibility index (Phi) is 10.2. The van der Waals surface area contributed by atoms with Crippen LogP contribution in [0.3, 0.4) is 0 Å². The molecule has 1 aliphatic heterocycles. The maximum absolute atomic E-state index is 6.31. The van der Waals surface area contributed by atoms with Crippen molar-refractivity contribution in [2.24, 2.45) is 0 Å². The summed E-state index contributed by atoms with van der Waals surface area (Å²) in [5.74, 6) is 3.02. The van der Waals surface area contributed by atoms with Gasteiger partial charge in [0.25, 0.3) is 0 Å². The van der Waals surface area contributed by atoms with Gasteiger partial charge >= 0.3 is 0 Å². The van der Waals surface area contributed by atoms with Crippen LogP contribution in [0, 0.1) is 0 Å². The SMILES string of the molecule is CCCCN1CCc2cc(OC)c(OCc3ccccc3)cc2C1C=Cc1ccc(OCc2ccccc2)c(OC)c1. The topological polar surface area (TPSA) is 40.2 Å². The number of hydrogen-bond acceptors (Lipinski definition) is 5. The molecule has 1 aliphatic rings. The molecular formula is C37H41NO4. The van der Waals surface area contributed by atoms with Crippen LogP contribution in [0.5, 0.6) is 23.0 Å². The lowest BCUT2D eigenvalue weighted by atomic mass is 9.91. The molecule has 42 heavy (non-hydrogen) atoms. The molecule has 0 amide bonds. The van der Waals surface area contributed by atoms with E-state index in [-0.39, 0.29) is 6.04 Å². The Hall–Kier alpha value is -4.22. The Balaban J connectivity index is 1.40. The molecular weight excluding hydrogens is 522 g/mol. The van der Waals surface area contributed by atoms with Crippen LogP contribution in [0.15, 0.2) is 97.1 Å². The highest BCUT2D eigenvalue weighted by atomic mass is 16.5. The van der Waals surface area contributed by atoms with Gasteiger partial charge in [-0.25, -0.2) is 0 Å². The van der Waals surface area contributed by atoms with Gasteiger partial charge in [0.2, 0.25) is 0 Å². The number of ether oxygens (including phenoxy) is 4. The van der Waals surface area contributed by atoms with E-state index in [1.165, 1.54) is 11.1 Å². The molecule has 0 fully saturated rings. The van der Waals surface area contributed by atoms with E-state index in [0.29, 0.717) is 13.2 Å². The summed E-state index contributed by atoms with van der Waals surface area (Å²) < 4.78 is 23.8. The molecule has 0 spiro atoms. The van der Waals surface area contributed by atoms with Crippen molar-refractivity contribution in [1.82, 2.24) is 4.90 Å². The average molecular weight is 564 g/mol. The van der Waals surface area contributed by atoms with E-state index < -0.39 is 0 Å². The second-order valence-electron chi connectivity index (χ2n) is 10.6. The smallest absolute Gasteiger partial charge is 0.162 e. The van der Waals surface area contributed by atoms with Crippen LogP contribution in [-0.2, 0) is 19.6 Å². The molecule has 218 valence electrons. The molecule has 0 N–H and O–H groups in total. The maximum atomic E-state index is 6.31. The first kappa shape index (κ1) is 29.3.